The summed E-state index contributed by atoms with van der Waals surface area (Å²) in [4.78, 5) is 2.73. The Morgan fingerprint density at radius 2 is 1.90 bits per heavy atom. The molecule has 21 heavy (non-hydrogen) atoms. The first-order valence-corrected chi connectivity index (χ1v) is 9.18. The Morgan fingerprint density at radius 1 is 1.10 bits per heavy atom. The summed E-state index contributed by atoms with van der Waals surface area (Å²) in [5.74, 6) is 0. The molecule has 2 aliphatic rings. The first-order chi connectivity index (χ1) is 10.2. The second-order valence-corrected chi connectivity index (χ2v) is 7.50. The number of nitrogens with zero attached hydrogens (tertiary/aromatic N) is 1. The fourth-order valence-electron chi connectivity index (χ4n) is 4.22. The Morgan fingerprint density at radius 3 is 2.48 bits per heavy atom. The van der Waals surface area contributed by atoms with Crippen LogP contribution in [0.15, 0.2) is 0 Å². The van der Waals surface area contributed by atoms with Crippen molar-refractivity contribution in [2.24, 2.45) is 10.8 Å². The van der Waals surface area contributed by atoms with E-state index >= 15 is 0 Å². The molecule has 0 bridgehead atoms. The van der Waals surface area contributed by atoms with Crippen molar-refractivity contribution < 1.29 is 4.74 Å². The van der Waals surface area contributed by atoms with Gasteiger partial charge in [-0.2, -0.15) is 0 Å². The summed E-state index contributed by atoms with van der Waals surface area (Å²) in [6.45, 7) is 15.0. The van der Waals surface area contributed by atoms with Crippen molar-refractivity contribution in [3.8, 4) is 0 Å². The van der Waals surface area contributed by atoms with Gasteiger partial charge in [0.1, 0.15) is 0 Å². The molecule has 0 aliphatic carbocycles. The van der Waals surface area contributed by atoms with Crippen LogP contribution in [-0.2, 0) is 4.74 Å². The lowest BCUT2D eigenvalue weighted by Gasteiger charge is -2.40. The Hall–Kier alpha value is -0.120. The molecule has 1 atom stereocenters. The van der Waals surface area contributed by atoms with Crippen LogP contribution in [-0.4, -0.2) is 50.8 Å². The van der Waals surface area contributed by atoms with Crippen molar-refractivity contribution in [1.82, 2.24) is 10.2 Å². The number of hydrogen-bond donors (Lipinski definition) is 1. The van der Waals surface area contributed by atoms with Gasteiger partial charge in [-0.25, -0.2) is 0 Å². The molecule has 2 rings (SSSR count). The molecule has 124 valence electrons. The van der Waals surface area contributed by atoms with Crippen LogP contribution in [0.25, 0.3) is 0 Å². The summed E-state index contributed by atoms with van der Waals surface area (Å²) < 4.78 is 5.86. The van der Waals surface area contributed by atoms with Crippen molar-refractivity contribution in [3.63, 3.8) is 0 Å². The molecule has 3 heteroatoms. The zero-order valence-corrected chi connectivity index (χ0v) is 14.5. The largest absolute Gasteiger partial charge is 0.381 e. The van der Waals surface area contributed by atoms with E-state index in [-0.39, 0.29) is 0 Å². The fraction of sp³-hybridized carbons (Fsp3) is 1.00. The van der Waals surface area contributed by atoms with Crippen LogP contribution in [0.1, 0.15) is 59.3 Å². The summed E-state index contributed by atoms with van der Waals surface area (Å²) in [5, 5.41) is 3.66. The van der Waals surface area contributed by atoms with Gasteiger partial charge in [-0.3, -0.25) is 0 Å². The second-order valence-electron chi connectivity index (χ2n) is 7.50. The number of ether oxygens (including phenoxy) is 1. The zero-order chi connectivity index (χ0) is 15.2. The van der Waals surface area contributed by atoms with Crippen LogP contribution < -0.4 is 5.32 Å². The quantitative estimate of drug-likeness (QED) is 0.696. The van der Waals surface area contributed by atoms with Crippen LogP contribution in [0.4, 0.5) is 0 Å². The Bertz CT molecular complexity index is 296. The van der Waals surface area contributed by atoms with E-state index in [0.717, 1.165) is 26.3 Å². The average Bonchev–Trinajstić information content (AvgIpc) is 2.92. The topological polar surface area (TPSA) is 24.5 Å². The molecule has 0 spiro atoms. The molecule has 1 unspecified atom stereocenters. The van der Waals surface area contributed by atoms with Gasteiger partial charge in [0.2, 0.25) is 0 Å². The van der Waals surface area contributed by atoms with Crippen LogP contribution in [0.5, 0.6) is 0 Å². The van der Waals surface area contributed by atoms with E-state index in [1.54, 1.807) is 0 Å². The third-order valence-corrected chi connectivity index (χ3v) is 5.91. The maximum atomic E-state index is 5.86. The molecular weight excluding hydrogens is 260 g/mol. The van der Waals surface area contributed by atoms with Crippen molar-refractivity contribution in [2.75, 3.05) is 45.9 Å². The lowest BCUT2D eigenvalue weighted by Crippen LogP contribution is -2.49. The van der Waals surface area contributed by atoms with Crippen LogP contribution in [0.3, 0.4) is 0 Å². The van der Waals surface area contributed by atoms with E-state index in [9.17, 15) is 0 Å². The predicted molar refractivity (Wildman–Crippen MR) is 89.7 cm³/mol. The molecule has 2 fully saturated rings. The SMILES string of the molecule is CCCNCC1(CN2CCC(CC)(CC)C2)CCCOC1. The van der Waals surface area contributed by atoms with Gasteiger partial charge >= 0.3 is 0 Å². The third-order valence-electron chi connectivity index (χ3n) is 5.91. The van der Waals surface area contributed by atoms with E-state index < -0.39 is 0 Å². The highest BCUT2D eigenvalue weighted by Crippen LogP contribution is 2.39. The molecule has 2 heterocycles. The maximum absolute atomic E-state index is 5.86. The lowest BCUT2D eigenvalue weighted by molar-refractivity contribution is -0.0244. The number of rotatable bonds is 8. The minimum atomic E-state index is 0.352. The molecule has 1 N–H and O–H groups in total. The van der Waals surface area contributed by atoms with Gasteiger partial charge in [0.05, 0.1) is 6.61 Å². The highest BCUT2D eigenvalue weighted by molar-refractivity contribution is 4.93. The molecule has 2 saturated heterocycles. The number of likely N-dealkylation sites (tertiary alicyclic amines) is 1. The summed E-state index contributed by atoms with van der Waals surface area (Å²) >= 11 is 0. The minimum absolute atomic E-state index is 0.352. The lowest BCUT2D eigenvalue weighted by atomic mass is 9.80. The fourth-order valence-corrected chi connectivity index (χ4v) is 4.22. The van der Waals surface area contributed by atoms with Gasteiger partial charge < -0.3 is 15.0 Å². The summed E-state index contributed by atoms with van der Waals surface area (Å²) in [7, 11) is 0. The Kier molecular flexibility index (Phi) is 6.51. The van der Waals surface area contributed by atoms with Gasteiger partial charge in [-0.15, -0.1) is 0 Å². The van der Waals surface area contributed by atoms with Crippen LogP contribution in [0.2, 0.25) is 0 Å². The van der Waals surface area contributed by atoms with Gasteiger partial charge in [0.15, 0.2) is 0 Å². The molecule has 0 saturated carbocycles. The van der Waals surface area contributed by atoms with E-state index in [0.29, 0.717) is 10.8 Å². The van der Waals surface area contributed by atoms with Gasteiger partial charge in [0, 0.05) is 31.7 Å². The highest BCUT2D eigenvalue weighted by Gasteiger charge is 2.40. The van der Waals surface area contributed by atoms with Crippen molar-refractivity contribution in [1.29, 1.82) is 0 Å². The van der Waals surface area contributed by atoms with E-state index in [1.165, 1.54) is 58.2 Å². The smallest absolute Gasteiger partial charge is 0.0546 e. The maximum Gasteiger partial charge on any atom is 0.0546 e. The summed E-state index contributed by atoms with van der Waals surface area (Å²) in [6.07, 6.45) is 7.82. The number of nitrogens with one attached hydrogen (secondary N) is 1. The first kappa shape index (κ1) is 17.2. The standard InChI is InChI=1S/C18H36N2O/c1-4-10-19-13-18(8-7-12-21-16-18)15-20-11-9-17(5-2,6-3)14-20/h19H,4-16H2,1-3H3. The molecule has 0 radical (unpaired) electrons. The molecule has 3 nitrogen and oxygen atoms in total. The molecule has 2 aliphatic heterocycles. The second kappa shape index (κ2) is 7.94. The zero-order valence-electron chi connectivity index (χ0n) is 14.5. The van der Waals surface area contributed by atoms with E-state index in [1.807, 2.05) is 0 Å². The average molecular weight is 296 g/mol. The minimum Gasteiger partial charge on any atom is -0.381 e. The van der Waals surface area contributed by atoms with Crippen molar-refractivity contribution in [2.45, 2.75) is 59.3 Å². The molecular formula is C18H36N2O. The third kappa shape index (κ3) is 4.43. The summed E-state index contributed by atoms with van der Waals surface area (Å²) in [5.41, 5.74) is 0.943. The Labute approximate surface area is 131 Å². The molecule has 0 aromatic rings. The van der Waals surface area contributed by atoms with E-state index in [4.69, 9.17) is 4.74 Å². The molecule has 0 aromatic heterocycles. The van der Waals surface area contributed by atoms with Crippen LogP contribution >= 0.6 is 0 Å². The van der Waals surface area contributed by atoms with Crippen LogP contribution in [0, 0.1) is 10.8 Å². The molecule has 0 amide bonds. The highest BCUT2D eigenvalue weighted by atomic mass is 16.5. The predicted octanol–water partition coefficient (Wildman–Crippen LogP) is 3.29. The molecule has 0 aromatic carbocycles. The van der Waals surface area contributed by atoms with Gasteiger partial charge in [-0.1, -0.05) is 20.8 Å². The first-order valence-electron chi connectivity index (χ1n) is 9.18. The van der Waals surface area contributed by atoms with E-state index in [2.05, 4.69) is 31.0 Å². The Balaban J connectivity index is 1.92. The van der Waals surface area contributed by atoms with Gasteiger partial charge in [0.25, 0.3) is 0 Å². The normalized spacial score (nSPS) is 29.9. The monoisotopic (exact) mass is 296 g/mol. The van der Waals surface area contributed by atoms with Crippen molar-refractivity contribution in [3.05, 3.63) is 0 Å². The summed E-state index contributed by atoms with van der Waals surface area (Å²) in [6, 6.07) is 0. The van der Waals surface area contributed by atoms with Gasteiger partial charge in [-0.05, 0) is 57.0 Å². The number of hydrogen-bond acceptors (Lipinski definition) is 3. The van der Waals surface area contributed by atoms with Crippen molar-refractivity contribution >= 4 is 0 Å².